The maximum absolute atomic E-state index is 5.25. The summed E-state index contributed by atoms with van der Waals surface area (Å²) in [5, 5.41) is 3.49. The molecule has 1 aromatic rings. The normalized spacial score (nSPS) is 12.8. The van der Waals surface area contributed by atoms with Gasteiger partial charge in [-0.2, -0.15) is 0 Å². The van der Waals surface area contributed by atoms with Gasteiger partial charge < -0.3 is 10.1 Å². The van der Waals surface area contributed by atoms with Crippen molar-refractivity contribution in [2.45, 2.75) is 26.3 Å². The van der Waals surface area contributed by atoms with Gasteiger partial charge in [-0.05, 0) is 37.1 Å². The van der Waals surface area contributed by atoms with Crippen molar-refractivity contribution in [1.29, 1.82) is 0 Å². The maximum atomic E-state index is 5.25. The van der Waals surface area contributed by atoms with E-state index in [1.807, 2.05) is 0 Å². The molecule has 0 saturated carbocycles. The molecule has 90 valence electrons. The Morgan fingerprint density at radius 2 is 2.19 bits per heavy atom. The zero-order chi connectivity index (χ0) is 12.0. The van der Waals surface area contributed by atoms with Gasteiger partial charge in [-0.3, -0.25) is 0 Å². The summed E-state index contributed by atoms with van der Waals surface area (Å²) in [5.74, 6) is 0. The molecule has 0 bridgehead atoms. The minimum absolute atomic E-state index is 0.289. The van der Waals surface area contributed by atoms with Gasteiger partial charge in [0.1, 0.15) is 0 Å². The van der Waals surface area contributed by atoms with Crippen molar-refractivity contribution in [1.82, 2.24) is 5.32 Å². The summed E-state index contributed by atoms with van der Waals surface area (Å²) >= 11 is 3.52. The lowest BCUT2D eigenvalue weighted by atomic mass is 10.0. The average molecular weight is 286 g/mol. The molecule has 0 aliphatic heterocycles. The van der Waals surface area contributed by atoms with Crippen LogP contribution in [0, 0.1) is 6.92 Å². The van der Waals surface area contributed by atoms with Crippen molar-refractivity contribution in [3.05, 3.63) is 33.8 Å². The monoisotopic (exact) mass is 285 g/mol. The van der Waals surface area contributed by atoms with E-state index >= 15 is 0 Å². The number of methoxy groups -OCH3 is 1. The van der Waals surface area contributed by atoms with Crippen LogP contribution in [0.3, 0.4) is 0 Å². The van der Waals surface area contributed by atoms with Crippen LogP contribution in [0.2, 0.25) is 0 Å². The standard InChI is InChI=1S/C13H20BrNO/c1-4-7-15-13(9-16-3)11-5-6-12(14)10(2)8-11/h5-6,8,13,15H,4,7,9H2,1-3H3. The highest BCUT2D eigenvalue weighted by molar-refractivity contribution is 9.10. The lowest BCUT2D eigenvalue weighted by molar-refractivity contribution is 0.167. The van der Waals surface area contributed by atoms with E-state index in [2.05, 4.69) is 53.3 Å². The van der Waals surface area contributed by atoms with E-state index in [1.54, 1.807) is 7.11 Å². The molecule has 0 fully saturated rings. The lowest BCUT2D eigenvalue weighted by Crippen LogP contribution is -2.25. The fraction of sp³-hybridized carbons (Fsp3) is 0.538. The molecule has 0 aliphatic rings. The molecule has 1 atom stereocenters. The molecule has 2 nitrogen and oxygen atoms in total. The van der Waals surface area contributed by atoms with Crippen LogP contribution in [-0.2, 0) is 4.74 Å². The van der Waals surface area contributed by atoms with E-state index in [-0.39, 0.29) is 6.04 Å². The SMILES string of the molecule is CCCNC(COC)c1ccc(Br)c(C)c1. The number of benzene rings is 1. The molecule has 1 N–H and O–H groups in total. The molecule has 1 aromatic carbocycles. The third-order valence-corrected chi connectivity index (χ3v) is 3.45. The Morgan fingerprint density at radius 1 is 1.44 bits per heavy atom. The van der Waals surface area contributed by atoms with E-state index in [0.717, 1.165) is 17.4 Å². The second kappa shape index (κ2) is 7.05. The van der Waals surface area contributed by atoms with Crippen LogP contribution in [0.25, 0.3) is 0 Å². The third kappa shape index (κ3) is 3.89. The number of rotatable bonds is 6. The topological polar surface area (TPSA) is 21.3 Å². The number of hydrogen-bond donors (Lipinski definition) is 1. The molecule has 1 unspecified atom stereocenters. The van der Waals surface area contributed by atoms with Crippen LogP contribution in [0.4, 0.5) is 0 Å². The molecule has 0 heterocycles. The van der Waals surface area contributed by atoms with Gasteiger partial charge in [0.2, 0.25) is 0 Å². The molecule has 16 heavy (non-hydrogen) atoms. The number of ether oxygens (including phenoxy) is 1. The van der Waals surface area contributed by atoms with Crippen molar-refractivity contribution in [3.8, 4) is 0 Å². The molecular formula is C13H20BrNO. The van der Waals surface area contributed by atoms with Crippen LogP contribution in [0.15, 0.2) is 22.7 Å². The summed E-state index contributed by atoms with van der Waals surface area (Å²) in [6.45, 7) is 6.01. The smallest absolute Gasteiger partial charge is 0.0657 e. The Bertz CT molecular complexity index is 328. The maximum Gasteiger partial charge on any atom is 0.0657 e. The molecule has 0 radical (unpaired) electrons. The van der Waals surface area contributed by atoms with Gasteiger partial charge in [-0.1, -0.05) is 35.0 Å². The van der Waals surface area contributed by atoms with Gasteiger partial charge in [-0.25, -0.2) is 0 Å². The lowest BCUT2D eigenvalue weighted by Gasteiger charge is -2.18. The summed E-state index contributed by atoms with van der Waals surface area (Å²) in [5.41, 5.74) is 2.55. The Labute approximate surface area is 107 Å². The fourth-order valence-corrected chi connectivity index (χ4v) is 1.89. The van der Waals surface area contributed by atoms with Gasteiger partial charge in [0.25, 0.3) is 0 Å². The van der Waals surface area contributed by atoms with E-state index in [4.69, 9.17) is 4.74 Å². The van der Waals surface area contributed by atoms with E-state index in [0.29, 0.717) is 6.61 Å². The van der Waals surface area contributed by atoms with Gasteiger partial charge >= 0.3 is 0 Å². The summed E-state index contributed by atoms with van der Waals surface area (Å²) in [4.78, 5) is 0. The van der Waals surface area contributed by atoms with Crippen LogP contribution >= 0.6 is 15.9 Å². The van der Waals surface area contributed by atoms with Crippen LogP contribution in [0.1, 0.15) is 30.5 Å². The van der Waals surface area contributed by atoms with Crippen LogP contribution < -0.4 is 5.32 Å². The van der Waals surface area contributed by atoms with Crippen molar-refractivity contribution in [2.75, 3.05) is 20.3 Å². The van der Waals surface area contributed by atoms with Gasteiger partial charge in [0, 0.05) is 11.6 Å². The molecule has 0 saturated heterocycles. The van der Waals surface area contributed by atoms with Gasteiger partial charge in [0.05, 0.1) is 12.6 Å². The van der Waals surface area contributed by atoms with Gasteiger partial charge in [-0.15, -0.1) is 0 Å². The molecule has 0 aromatic heterocycles. The van der Waals surface area contributed by atoms with Crippen LogP contribution in [-0.4, -0.2) is 20.3 Å². The van der Waals surface area contributed by atoms with E-state index < -0.39 is 0 Å². The predicted octanol–water partition coefficient (Wildman–Crippen LogP) is 3.44. The third-order valence-electron chi connectivity index (χ3n) is 2.56. The fourth-order valence-electron chi connectivity index (χ4n) is 1.64. The highest BCUT2D eigenvalue weighted by Gasteiger charge is 2.10. The summed E-state index contributed by atoms with van der Waals surface area (Å²) in [6.07, 6.45) is 1.13. The highest BCUT2D eigenvalue weighted by atomic mass is 79.9. The summed E-state index contributed by atoms with van der Waals surface area (Å²) in [7, 11) is 1.74. The highest BCUT2D eigenvalue weighted by Crippen LogP contribution is 2.21. The van der Waals surface area contributed by atoms with Crippen molar-refractivity contribution in [3.63, 3.8) is 0 Å². The molecule has 0 spiro atoms. The van der Waals surface area contributed by atoms with E-state index in [9.17, 15) is 0 Å². The largest absolute Gasteiger partial charge is 0.383 e. The summed E-state index contributed by atoms with van der Waals surface area (Å²) in [6, 6.07) is 6.73. The molecule has 1 rings (SSSR count). The Kier molecular flexibility index (Phi) is 6.03. The minimum Gasteiger partial charge on any atom is -0.383 e. The Hall–Kier alpha value is -0.380. The van der Waals surface area contributed by atoms with Gasteiger partial charge in [0.15, 0.2) is 0 Å². The number of aryl methyl sites for hydroxylation is 1. The minimum atomic E-state index is 0.289. The molecule has 0 aliphatic carbocycles. The first-order valence-electron chi connectivity index (χ1n) is 5.67. The summed E-state index contributed by atoms with van der Waals surface area (Å²) < 4.78 is 6.41. The van der Waals surface area contributed by atoms with Crippen molar-refractivity contribution < 1.29 is 4.74 Å². The second-order valence-corrected chi connectivity index (χ2v) is 4.83. The predicted molar refractivity (Wildman–Crippen MR) is 71.8 cm³/mol. The Balaban J connectivity index is 2.78. The van der Waals surface area contributed by atoms with E-state index in [1.165, 1.54) is 11.1 Å². The van der Waals surface area contributed by atoms with Crippen LogP contribution in [0.5, 0.6) is 0 Å². The van der Waals surface area contributed by atoms with Crippen molar-refractivity contribution in [2.24, 2.45) is 0 Å². The number of nitrogens with one attached hydrogen (secondary N) is 1. The molecular weight excluding hydrogens is 266 g/mol. The van der Waals surface area contributed by atoms with Crippen molar-refractivity contribution >= 4 is 15.9 Å². The first-order chi connectivity index (χ1) is 7.69. The second-order valence-electron chi connectivity index (χ2n) is 3.97. The molecule has 3 heteroatoms. The first-order valence-corrected chi connectivity index (χ1v) is 6.46. The average Bonchev–Trinajstić information content (AvgIpc) is 2.28. The number of hydrogen-bond acceptors (Lipinski definition) is 2. The first kappa shape index (κ1) is 13.7. The zero-order valence-corrected chi connectivity index (χ0v) is 11.8. The quantitative estimate of drug-likeness (QED) is 0.865. The zero-order valence-electron chi connectivity index (χ0n) is 10.2. The molecule has 0 amide bonds. The number of halogens is 1. The Morgan fingerprint density at radius 3 is 2.75 bits per heavy atom.